The first-order valence-electron chi connectivity index (χ1n) is 7.57. The molecular formula is C19H21FO3. The first-order valence-corrected chi connectivity index (χ1v) is 7.57. The van der Waals surface area contributed by atoms with Gasteiger partial charge in [-0.1, -0.05) is 23.8 Å². The molecule has 1 unspecified atom stereocenters. The van der Waals surface area contributed by atoms with Crippen LogP contribution in [0.25, 0.3) is 0 Å². The molecule has 0 bridgehead atoms. The van der Waals surface area contributed by atoms with Gasteiger partial charge in [0, 0.05) is 6.07 Å². The minimum absolute atomic E-state index is 0.215. The van der Waals surface area contributed by atoms with E-state index in [4.69, 9.17) is 4.74 Å². The molecule has 0 aliphatic carbocycles. The van der Waals surface area contributed by atoms with Crippen molar-refractivity contribution in [1.82, 2.24) is 0 Å². The molecule has 1 atom stereocenters. The Kier molecular flexibility index (Phi) is 5.37. The highest BCUT2D eigenvalue weighted by atomic mass is 19.1. The van der Waals surface area contributed by atoms with Crippen LogP contribution in [0.15, 0.2) is 36.4 Å². The monoisotopic (exact) mass is 316 g/mol. The molecule has 0 aliphatic heterocycles. The molecular weight excluding hydrogens is 295 g/mol. The van der Waals surface area contributed by atoms with E-state index in [-0.39, 0.29) is 12.4 Å². The average molecular weight is 316 g/mol. The molecule has 2 rings (SSSR count). The Bertz CT molecular complexity index is 687. The van der Waals surface area contributed by atoms with Gasteiger partial charge < -0.3 is 9.84 Å². The van der Waals surface area contributed by atoms with Crippen molar-refractivity contribution in [3.63, 3.8) is 0 Å². The lowest BCUT2D eigenvalue weighted by Gasteiger charge is -2.19. The second-order valence-electron chi connectivity index (χ2n) is 5.80. The zero-order chi connectivity index (χ0) is 17.0. The summed E-state index contributed by atoms with van der Waals surface area (Å²) in [5.41, 5.74) is 3.90. The number of carboxylic acid groups (broad SMARTS) is 1. The van der Waals surface area contributed by atoms with Crippen molar-refractivity contribution in [1.29, 1.82) is 0 Å². The Morgan fingerprint density at radius 3 is 2.39 bits per heavy atom. The predicted molar refractivity (Wildman–Crippen MR) is 87.5 cm³/mol. The quantitative estimate of drug-likeness (QED) is 0.860. The summed E-state index contributed by atoms with van der Waals surface area (Å²) in [5, 5.41) is 9.57. The van der Waals surface area contributed by atoms with Crippen LogP contribution in [0.5, 0.6) is 5.75 Å². The van der Waals surface area contributed by atoms with E-state index in [9.17, 15) is 14.3 Å². The van der Waals surface area contributed by atoms with Crippen molar-refractivity contribution >= 4 is 5.97 Å². The lowest BCUT2D eigenvalue weighted by atomic mass is 9.87. The number of rotatable bonds is 6. The maximum Gasteiger partial charge on any atom is 0.311 e. The minimum Gasteiger partial charge on any atom is -0.493 e. The van der Waals surface area contributed by atoms with Crippen LogP contribution < -0.4 is 4.74 Å². The molecule has 0 amide bonds. The summed E-state index contributed by atoms with van der Waals surface area (Å²) in [5.74, 6) is -1.47. The van der Waals surface area contributed by atoms with E-state index in [1.54, 1.807) is 12.1 Å². The Morgan fingerprint density at radius 1 is 1.17 bits per heavy atom. The summed E-state index contributed by atoms with van der Waals surface area (Å²) >= 11 is 0. The molecule has 0 radical (unpaired) electrons. The lowest BCUT2D eigenvalue weighted by Crippen LogP contribution is -2.17. The molecule has 2 aromatic carbocycles. The topological polar surface area (TPSA) is 46.5 Å². The summed E-state index contributed by atoms with van der Waals surface area (Å²) in [6, 6.07) is 9.83. The van der Waals surface area contributed by atoms with E-state index in [2.05, 4.69) is 0 Å². The Balaban J connectivity index is 2.13. The van der Waals surface area contributed by atoms with Crippen LogP contribution >= 0.6 is 0 Å². The average Bonchev–Trinajstić information content (AvgIpc) is 2.44. The first kappa shape index (κ1) is 17.0. The van der Waals surface area contributed by atoms with Crippen molar-refractivity contribution < 1.29 is 19.0 Å². The number of hydrogen-bond donors (Lipinski definition) is 1. The van der Waals surface area contributed by atoms with Gasteiger partial charge >= 0.3 is 5.97 Å². The third-order valence-electron chi connectivity index (χ3n) is 3.86. The molecule has 23 heavy (non-hydrogen) atoms. The van der Waals surface area contributed by atoms with Crippen LogP contribution in [0.4, 0.5) is 4.39 Å². The van der Waals surface area contributed by atoms with Gasteiger partial charge in [-0.15, -0.1) is 0 Å². The molecule has 0 saturated carbocycles. The molecule has 0 spiro atoms. The minimum atomic E-state index is -0.872. The van der Waals surface area contributed by atoms with E-state index in [1.807, 2.05) is 32.9 Å². The number of aliphatic carboxylic acids is 1. The predicted octanol–water partition coefficient (Wildman–Crippen LogP) is 4.39. The van der Waals surface area contributed by atoms with Gasteiger partial charge in [-0.3, -0.25) is 4.79 Å². The Labute approximate surface area is 135 Å². The summed E-state index contributed by atoms with van der Waals surface area (Å²) < 4.78 is 18.6. The normalized spacial score (nSPS) is 12.0. The highest BCUT2D eigenvalue weighted by molar-refractivity contribution is 5.77. The maximum atomic E-state index is 13.1. The van der Waals surface area contributed by atoms with Gasteiger partial charge in [-0.25, -0.2) is 4.39 Å². The fourth-order valence-corrected chi connectivity index (χ4v) is 2.98. The molecule has 0 saturated heterocycles. The van der Waals surface area contributed by atoms with Crippen molar-refractivity contribution in [3.05, 3.63) is 64.5 Å². The molecule has 2 aromatic rings. The van der Waals surface area contributed by atoms with E-state index in [0.29, 0.717) is 12.2 Å². The SMILES string of the molecule is Cc1cc(C)c(C(CCOc2cccc(F)c2)C(=O)O)c(C)c1. The molecule has 0 aromatic heterocycles. The van der Waals surface area contributed by atoms with Gasteiger partial charge in [0.1, 0.15) is 11.6 Å². The van der Waals surface area contributed by atoms with E-state index in [1.165, 1.54) is 12.1 Å². The fourth-order valence-electron chi connectivity index (χ4n) is 2.98. The number of halogens is 1. The van der Waals surface area contributed by atoms with Crippen LogP contribution in [0.1, 0.15) is 34.6 Å². The second kappa shape index (κ2) is 7.27. The van der Waals surface area contributed by atoms with Crippen LogP contribution in [0.3, 0.4) is 0 Å². The lowest BCUT2D eigenvalue weighted by molar-refractivity contribution is -0.139. The van der Waals surface area contributed by atoms with E-state index < -0.39 is 11.9 Å². The third-order valence-corrected chi connectivity index (χ3v) is 3.86. The smallest absolute Gasteiger partial charge is 0.311 e. The van der Waals surface area contributed by atoms with Crippen LogP contribution in [0.2, 0.25) is 0 Å². The number of hydrogen-bond acceptors (Lipinski definition) is 2. The molecule has 0 heterocycles. The van der Waals surface area contributed by atoms with Crippen LogP contribution in [-0.4, -0.2) is 17.7 Å². The third kappa shape index (κ3) is 4.31. The largest absolute Gasteiger partial charge is 0.493 e. The zero-order valence-electron chi connectivity index (χ0n) is 13.6. The first-order chi connectivity index (χ1) is 10.9. The van der Waals surface area contributed by atoms with Crippen molar-refractivity contribution in [2.75, 3.05) is 6.61 Å². The van der Waals surface area contributed by atoms with E-state index in [0.717, 1.165) is 22.3 Å². The maximum absolute atomic E-state index is 13.1. The van der Waals surface area contributed by atoms with Gasteiger partial charge in [0.15, 0.2) is 0 Å². The summed E-state index contributed by atoms with van der Waals surface area (Å²) in [4.78, 5) is 11.7. The van der Waals surface area contributed by atoms with Gasteiger partial charge in [0.2, 0.25) is 0 Å². The van der Waals surface area contributed by atoms with Gasteiger partial charge in [0.25, 0.3) is 0 Å². The molecule has 1 N–H and O–H groups in total. The van der Waals surface area contributed by atoms with Crippen molar-refractivity contribution in [2.24, 2.45) is 0 Å². The molecule has 122 valence electrons. The standard InChI is InChI=1S/C19H21FO3/c1-12-9-13(2)18(14(3)10-12)17(19(21)22)7-8-23-16-6-4-5-15(20)11-16/h4-6,9-11,17H,7-8H2,1-3H3,(H,21,22). The Morgan fingerprint density at radius 2 is 1.83 bits per heavy atom. The number of carbonyl (C=O) groups is 1. The summed E-state index contributed by atoms with van der Waals surface area (Å²) in [7, 11) is 0. The molecule has 4 heteroatoms. The summed E-state index contributed by atoms with van der Waals surface area (Å²) in [6.07, 6.45) is 0.330. The Hall–Kier alpha value is -2.36. The molecule has 3 nitrogen and oxygen atoms in total. The fraction of sp³-hybridized carbons (Fsp3) is 0.316. The molecule has 0 aliphatic rings. The van der Waals surface area contributed by atoms with Gasteiger partial charge in [-0.2, -0.15) is 0 Å². The highest BCUT2D eigenvalue weighted by Crippen LogP contribution is 2.28. The number of aryl methyl sites for hydroxylation is 3. The van der Waals surface area contributed by atoms with E-state index >= 15 is 0 Å². The van der Waals surface area contributed by atoms with Gasteiger partial charge in [0.05, 0.1) is 12.5 Å². The van der Waals surface area contributed by atoms with Crippen molar-refractivity contribution in [2.45, 2.75) is 33.1 Å². The van der Waals surface area contributed by atoms with Gasteiger partial charge in [-0.05, 0) is 56.0 Å². The van der Waals surface area contributed by atoms with Crippen LogP contribution in [0, 0.1) is 26.6 Å². The van der Waals surface area contributed by atoms with Crippen molar-refractivity contribution in [3.8, 4) is 5.75 Å². The van der Waals surface area contributed by atoms with Crippen LogP contribution in [-0.2, 0) is 4.79 Å². The number of carboxylic acids is 1. The zero-order valence-corrected chi connectivity index (χ0v) is 13.6. The number of benzene rings is 2. The highest BCUT2D eigenvalue weighted by Gasteiger charge is 2.23. The molecule has 0 fully saturated rings. The second-order valence-corrected chi connectivity index (χ2v) is 5.80. The summed E-state index contributed by atoms with van der Waals surface area (Å²) in [6.45, 7) is 6.07. The number of ether oxygens (including phenoxy) is 1.